The summed E-state index contributed by atoms with van der Waals surface area (Å²) in [7, 11) is 0. The lowest BCUT2D eigenvalue weighted by molar-refractivity contribution is -0.137. The maximum absolute atomic E-state index is 13.1. The maximum Gasteiger partial charge on any atom is 0.416 e. The zero-order chi connectivity index (χ0) is 24.6. The Balaban J connectivity index is 1.44. The van der Waals surface area contributed by atoms with Gasteiger partial charge in [-0.25, -0.2) is 4.79 Å². The fourth-order valence-corrected chi connectivity index (χ4v) is 5.39. The number of carboxylic acid groups (broad SMARTS) is 1. The minimum atomic E-state index is -4.41. The summed E-state index contributed by atoms with van der Waals surface area (Å²) in [4.78, 5) is 27.4. The Labute approximate surface area is 205 Å². The lowest BCUT2D eigenvalue weighted by Gasteiger charge is -2.35. The summed E-state index contributed by atoms with van der Waals surface area (Å²) in [6.07, 6.45) is -3.08. The molecule has 182 valence electrons. The van der Waals surface area contributed by atoms with Gasteiger partial charge in [0, 0.05) is 41.6 Å². The average Bonchev–Trinajstić information content (AvgIpc) is 3.15. The van der Waals surface area contributed by atoms with Crippen LogP contribution in [0.3, 0.4) is 0 Å². The molecule has 2 aliphatic rings. The zero-order valence-corrected chi connectivity index (χ0v) is 19.6. The fourth-order valence-electron chi connectivity index (χ4n) is 4.75. The number of carbonyl (C=O) groups excluding carboxylic acids is 1. The van der Waals surface area contributed by atoms with E-state index in [1.54, 1.807) is 12.1 Å². The number of amides is 2. The summed E-state index contributed by atoms with van der Waals surface area (Å²) in [6, 6.07) is 8.11. The third-order valence-corrected chi connectivity index (χ3v) is 7.34. The van der Waals surface area contributed by atoms with Crippen LogP contribution in [-0.2, 0) is 17.4 Å². The van der Waals surface area contributed by atoms with Crippen LogP contribution in [0.5, 0.6) is 0 Å². The standard InChI is InChI=1S/C24H23Cl2F3N2O3/c25-20-12-16(14-1-3-17(4-2-14)24(27,28)29)13-21(26)19(20)11-15-5-10-31(22(15)32)18-6-8-30(9-7-18)23(33)34/h1-4,12-13,15,18H,5-11H2,(H,33,34)/t15-/m0/s1. The lowest BCUT2D eigenvalue weighted by atomic mass is 9.95. The van der Waals surface area contributed by atoms with Crippen LogP contribution >= 0.6 is 23.2 Å². The van der Waals surface area contributed by atoms with Crippen molar-refractivity contribution >= 4 is 35.2 Å². The molecule has 0 unspecified atom stereocenters. The number of benzene rings is 2. The Hall–Kier alpha value is -2.45. The molecule has 2 amide bonds. The summed E-state index contributed by atoms with van der Waals surface area (Å²) in [5, 5.41) is 9.84. The summed E-state index contributed by atoms with van der Waals surface area (Å²) >= 11 is 13.0. The van der Waals surface area contributed by atoms with Crippen LogP contribution in [0.25, 0.3) is 11.1 Å². The Morgan fingerprint density at radius 3 is 2.09 bits per heavy atom. The highest BCUT2D eigenvalue weighted by Gasteiger charge is 2.38. The predicted octanol–water partition coefficient (Wildman–Crippen LogP) is 6.21. The first-order chi connectivity index (χ1) is 16.0. The molecule has 2 aliphatic heterocycles. The second-order valence-corrected chi connectivity index (χ2v) is 9.53. The zero-order valence-electron chi connectivity index (χ0n) is 18.1. The van der Waals surface area contributed by atoms with Crippen LogP contribution in [0, 0.1) is 5.92 Å². The summed E-state index contributed by atoms with van der Waals surface area (Å²) in [5.74, 6) is -0.253. The van der Waals surface area contributed by atoms with E-state index in [1.165, 1.54) is 17.0 Å². The summed E-state index contributed by atoms with van der Waals surface area (Å²) in [6.45, 7) is 1.44. The van der Waals surface area contributed by atoms with Crippen LogP contribution in [0.2, 0.25) is 10.0 Å². The number of nitrogens with zero attached hydrogens (tertiary/aromatic N) is 2. The molecular formula is C24H23Cl2F3N2O3. The second kappa shape index (κ2) is 9.66. The molecule has 2 fully saturated rings. The van der Waals surface area contributed by atoms with Gasteiger partial charge >= 0.3 is 12.3 Å². The Morgan fingerprint density at radius 1 is 0.971 bits per heavy atom. The number of hydrogen-bond donors (Lipinski definition) is 1. The van der Waals surface area contributed by atoms with E-state index >= 15 is 0 Å². The largest absolute Gasteiger partial charge is 0.465 e. The van der Waals surface area contributed by atoms with Crippen molar-refractivity contribution in [3.05, 3.63) is 57.6 Å². The molecule has 2 aromatic rings. The molecule has 0 aromatic heterocycles. The molecule has 1 N–H and O–H groups in total. The molecule has 4 rings (SSSR count). The number of rotatable bonds is 4. The van der Waals surface area contributed by atoms with Crippen molar-refractivity contribution in [2.75, 3.05) is 19.6 Å². The molecule has 0 saturated carbocycles. The molecule has 2 heterocycles. The van der Waals surface area contributed by atoms with E-state index in [4.69, 9.17) is 28.3 Å². The predicted molar refractivity (Wildman–Crippen MR) is 123 cm³/mol. The molecule has 2 aromatic carbocycles. The molecule has 0 radical (unpaired) electrons. The van der Waals surface area contributed by atoms with Crippen LogP contribution < -0.4 is 0 Å². The maximum atomic E-state index is 13.1. The Morgan fingerprint density at radius 2 is 1.56 bits per heavy atom. The Bertz CT molecular complexity index is 1060. The van der Waals surface area contributed by atoms with Gasteiger partial charge in [-0.3, -0.25) is 4.79 Å². The van der Waals surface area contributed by atoms with Gasteiger partial charge in [-0.05, 0) is 66.6 Å². The first-order valence-corrected chi connectivity index (χ1v) is 11.7. The van der Waals surface area contributed by atoms with Crippen LogP contribution in [0.15, 0.2) is 36.4 Å². The molecule has 0 bridgehead atoms. The highest BCUT2D eigenvalue weighted by atomic mass is 35.5. The fraction of sp³-hybridized carbons (Fsp3) is 0.417. The number of piperidine rings is 1. The van der Waals surface area contributed by atoms with Gasteiger partial charge in [0.2, 0.25) is 5.91 Å². The van der Waals surface area contributed by atoms with E-state index in [0.717, 1.165) is 12.1 Å². The van der Waals surface area contributed by atoms with E-state index in [2.05, 4.69) is 0 Å². The molecule has 34 heavy (non-hydrogen) atoms. The van der Waals surface area contributed by atoms with Gasteiger partial charge in [0.15, 0.2) is 0 Å². The van der Waals surface area contributed by atoms with Gasteiger partial charge in [0.25, 0.3) is 0 Å². The van der Waals surface area contributed by atoms with E-state index in [-0.39, 0.29) is 17.9 Å². The lowest BCUT2D eigenvalue weighted by Crippen LogP contribution is -2.47. The third kappa shape index (κ3) is 5.13. The van der Waals surface area contributed by atoms with E-state index < -0.39 is 17.8 Å². The van der Waals surface area contributed by atoms with Gasteiger partial charge in [0.1, 0.15) is 0 Å². The third-order valence-electron chi connectivity index (χ3n) is 6.66. The smallest absolute Gasteiger partial charge is 0.416 e. The molecule has 5 nitrogen and oxygen atoms in total. The summed E-state index contributed by atoms with van der Waals surface area (Å²) in [5.41, 5.74) is 1.05. The van der Waals surface area contributed by atoms with Gasteiger partial charge < -0.3 is 14.9 Å². The van der Waals surface area contributed by atoms with Crippen molar-refractivity contribution in [3.63, 3.8) is 0 Å². The number of likely N-dealkylation sites (tertiary alicyclic amines) is 2. The highest BCUT2D eigenvalue weighted by Crippen LogP contribution is 2.37. The first-order valence-electron chi connectivity index (χ1n) is 11.0. The van der Waals surface area contributed by atoms with Crippen LogP contribution in [0.4, 0.5) is 18.0 Å². The molecule has 2 saturated heterocycles. The van der Waals surface area contributed by atoms with Crippen molar-refractivity contribution in [3.8, 4) is 11.1 Å². The quantitative estimate of drug-likeness (QED) is 0.527. The van der Waals surface area contributed by atoms with Gasteiger partial charge in [-0.2, -0.15) is 13.2 Å². The monoisotopic (exact) mass is 514 g/mol. The molecular weight excluding hydrogens is 492 g/mol. The van der Waals surface area contributed by atoms with Gasteiger partial charge in [-0.15, -0.1) is 0 Å². The van der Waals surface area contributed by atoms with E-state index in [1.807, 2.05) is 4.90 Å². The highest BCUT2D eigenvalue weighted by molar-refractivity contribution is 6.36. The topological polar surface area (TPSA) is 60.9 Å². The normalized spacial score (nSPS) is 19.7. The van der Waals surface area contributed by atoms with Crippen LogP contribution in [-0.4, -0.2) is 52.6 Å². The number of carbonyl (C=O) groups is 2. The van der Waals surface area contributed by atoms with Crippen molar-refractivity contribution in [2.45, 2.75) is 37.9 Å². The SMILES string of the molecule is O=C(O)N1CCC(N2CC[C@@H](Cc3c(Cl)cc(-c4ccc(C(F)(F)F)cc4)cc3Cl)C2=O)CC1. The van der Waals surface area contributed by atoms with Crippen molar-refractivity contribution in [1.82, 2.24) is 9.80 Å². The molecule has 10 heteroatoms. The Kier molecular flexibility index (Phi) is 7.01. The number of hydrogen-bond acceptors (Lipinski definition) is 2. The van der Waals surface area contributed by atoms with Crippen LogP contribution in [0.1, 0.15) is 30.4 Å². The minimum absolute atomic E-state index is 0.0210. The number of alkyl halides is 3. The van der Waals surface area contributed by atoms with Crippen molar-refractivity contribution in [2.24, 2.45) is 5.92 Å². The average molecular weight is 515 g/mol. The van der Waals surface area contributed by atoms with Gasteiger partial charge in [-0.1, -0.05) is 35.3 Å². The summed E-state index contributed by atoms with van der Waals surface area (Å²) < 4.78 is 38.5. The van der Waals surface area contributed by atoms with Gasteiger partial charge in [0.05, 0.1) is 5.56 Å². The minimum Gasteiger partial charge on any atom is -0.465 e. The molecule has 0 spiro atoms. The molecule has 0 aliphatic carbocycles. The van der Waals surface area contributed by atoms with E-state index in [9.17, 15) is 22.8 Å². The van der Waals surface area contributed by atoms with E-state index in [0.29, 0.717) is 72.1 Å². The number of halogens is 5. The second-order valence-electron chi connectivity index (χ2n) is 8.72. The van der Waals surface area contributed by atoms with Crippen molar-refractivity contribution in [1.29, 1.82) is 0 Å². The van der Waals surface area contributed by atoms with Crippen molar-refractivity contribution < 1.29 is 27.9 Å². The first kappa shape index (κ1) is 24.7. The molecule has 1 atom stereocenters.